The van der Waals surface area contributed by atoms with Crippen LogP contribution in [0.15, 0.2) is 30.3 Å². The third-order valence-electron chi connectivity index (χ3n) is 3.28. The second-order valence-electron chi connectivity index (χ2n) is 4.64. The van der Waals surface area contributed by atoms with E-state index in [-0.39, 0.29) is 0 Å². The van der Waals surface area contributed by atoms with Crippen molar-refractivity contribution in [1.29, 1.82) is 0 Å². The Morgan fingerprint density at radius 2 is 2.12 bits per heavy atom. The normalized spacial score (nSPS) is 26.1. The Bertz CT molecular complexity index is 418. The van der Waals surface area contributed by atoms with Gasteiger partial charge in [0.05, 0.1) is 0 Å². The van der Waals surface area contributed by atoms with E-state index in [0.717, 1.165) is 18.4 Å². The number of alkyl halides is 1. The van der Waals surface area contributed by atoms with Crippen LogP contribution in [-0.2, 0) is 0 Å². The number of halogens is 1. The van der Waals surface area contributed by atoms with Gasteiger partial charge in [0.1, 0.15) is 0 Å². The Hall–Kier alpha value is -0.530. The first-order valence-corrected chi connectivity index (χ1v) is 7.16. The van der Waals surface area contributed by atoms with Crippen LogP contribution in [0, 0.1) is 17.8 Å². The lowest BCUT2D eigenvalue weighted by Crippen LogP contribution is -2.03. The number of aliphatic hydroxyl groups excluding tert-OH is 1. The van der Waals surface area contributed by atoms with Crippen molar-refractivity contribution in [2.45, 2.75) is 29.1 Å². The SMILES string of the molecule is OC[C@@H]1C[C@@]1(I)CCCC#Cc1ccccc1. The van der Waals surface area contributed by atoms with Crippen LogP contribution >= 0.6 is 22.6 Å². The molecule has 1 nitrogen and oxygen atoms in total. The quantitative estimate of drug-likeness (QED) is 0.386. The standard InChI is InChI=1S/C15H17IO/c16-15(11-14(15)12-17)10-6-2-5-9-13-7-3-1-4-8-13/h1,3-4,7-8,14,17H,2,6,10-12H2/t14-,15-/m0/s1. The van der Waals surface area contributed by atoms with Gasteiger partial charge in [-0.2, -0.15) is 0 Å². The smallest absolute Gasteiger partial charge is 0.0472 e. The Balaban J connectivity index is 1.69. The van der Waals surface area contributed by atoms with Gasteiger partial charge in [-0.05, 0) is 37.3 Å². The van der Waals surface area contributed by atoms with Gasteiger partial charge in [-0.1, -0.05) is 52.6 Å². The van der Waals surface area contributed by atoms with E-state index in [9.17, 15) is 0 Å². The van der Waals surface area contributed by atoms with E-state index in [1.165, 1.54) is 12.8 Å². The number of rotatable bonds is 4. The number of aliphatic hydroxyl groups is 1. The molecule has 0 aromatic heterocycles. The van der Waals surface area contributed by atoms with Gasteiger partial charge >= 0.3 is 0 Å². The van der Waals surface area contributed by atoms with Gasteiger partial charge in [0.25, 0.3) is 0 Å². The fraction of sp³-hybridized carbons (Fsp3) is 0.467. The molecular weight excluding hydrogens is 323 g/mol. The van der Waals surface area contributed by atoms with Gasteiger partial charge in [-0.15, -0.1) is 0 Å². The fourth-order valence-electron chi connectivity index (χ4n) is 2.04. The minimum absolute atomic E-state index is 0.346. The Labute approximate surface area is 117 Å². The Kier molecular flexibility index (Phi) is 4.47. The molecule has 1 saturated carbocycles. The molecule has 0 amide bonds. The van der Waals surface area contributed by atoms with Crippen molar-refractivity contribution in [2.75, 3.05) is 6.61 Å². The molecule has 1 N–H and O–H groups in total. The molecule has 2 atom stereocenters. The summed E-state index contributed by atoms with van der Waals surface area (Å²) in [7, 11) is 0. The largest absolute Gasteiger partial charge is 0.396 e. The van der Waals surface area contributed by atoms with Crippen molar-refractivity contribution >= 4 is 22.6 Å². The zero-order valence-corrected chi connectivity index (χ0v) is 12.0. The molecule has 90 valence electrons. The molecule has 0 radical (unpaired) electrons. The van der Waals surface area contributed by atoms with E-state index in [1.807, 2.05) is 30.3 Å². The van der Waals surface area contributed by atoms with Gasteiger partial charge < -0.3 is 5.11 Å². The molecule has 1 fully saturated rings. The zero-order valence-electron chi connectivity index (χ0n) is 9.82. The highest BCUT2D eigenvalue weighted by molar-refractivity contribution is 14.1. The molecule has 0 saturated heterocycles. The number of hydrogen-bond donors (Lipinski definition) is 1. The van der Waals surface area contributed by atoms with Gasteiger partial charge in [0, 0.05) is 22.0 Å². The maximum atomic E-state index is 9.06. The van der Waals surface area contributed by atoms with Crippen molar-refractivity contribution in [3.8, 4) is 11.8 Å². The van der Waals surface area contributed by atoms with Crippen molar-refractivity contribution in [2.24, 2.45) is 5.92 Å². The highest BCUT2D eigenvalue weighted by Crippen LogP contribution is 2.54. The maximum absolute atomic E-state index is 9.06. The summed E-state index contributed by atoms with van der Waals surface area (Å²) < 4.78 is 0.376. The number of hydrogen-bond acceptors (Lipinski definition) is 1. The molecule has 1 aliphatic carbocycles. The first-order valence-electron chi connectivity index (χ1n) is 6.08. The van der Waals surface area contributed by atoms with Gasteiger partial charge in [-0.25, -0.2) is 0 Å². The van der Waals surface area contributed by atoms with Crippen molar-refractivity contribution < 1.29 is 5.11 Å². The van der Waals surface area contributed by atoms with Gasteiger partial charge in [-0.3, -0.25) is 0 Å². The first kappa shape index (κ1) is 12.9. The Morgan fingerprint density at radius 3 is 2.76 bits per heavy atom. The third kappa shape index (κ3) is 3.72. The summed E-state index contributed by atoms with van der Waals surface area (Å²) in [6, 6.07) is 10.1. The van der Waals surface area contributed by atoms with E-state index in [0.29, 0.717) is 15.9 Å². The number of unbranched alkanes of at least 4 members (excludes halogenated alkanes) is 1. The molecule has 1 aromatic carbocycles. The predicted octanol–water partition coefficient (Wildman–Crippen LogP) is 3.39. The molecule has 0 spiro atoms. The lowest BCUT2D eigenvalue weighted by atomic mass is 10.1. The molecule has 1 aromatic rings. The van der Waals surface area contributed by atoms with Crippen LogP contribution in [0.2, 0.25) is 0 Å². The average Bonchev–Trinajstić information content (AvgIpc) is 3.02. The molecule has 0 aliphatic heterocycles. The van der Waals surface area contributed by atoms with E-state index < -0.39 is 0 Å². The predicted molar refractivity (Wildman–Crippen MR) is 79.1 cm³/mol. The summed E-state index contributed by atoms with van der Waals surface area (Å²) in [6.45, 7) is 0.346. The van der Waals surface area contributed by atoms with E-state index in [4.69, 9.17) is 5.11 Å². The second kappa shape index (κ2) is 5.88. The highest BCUT2D eigenvalue weighted by atomic mass is 127. The molecule has 2 rings (SSSR count). The molecule has 0 heterocycles. The summed E-state index contributed by atoms with van der Waals surface area (Å²) in [5.41, 5.74) is 1.09. The molecule has 1 aliphatic rings. The first-order chi connectivity index (χ1) is 8.24. The molecule has 0 unspecified atom stereocenters. The maximum Gasteiger partial charge on any atom is 0.0472 e. The monoisotopic (exact) mass is 340 g/mol. The van der Waals surface area contributed by atoms with E-state index in [1.54, 1.807) is 0 Å². The third-order valence-corrected chi connectivity index (χ3v) is 5.14. The van der Waals surface area contributed by atoms with E-state index in [2.05, 4.69) is 34.4 Å². The summed E-state index contributed by atoms with van der Waals surface area (Å²) >= 11 is 2.50. The summed E-state index contributed by atoms with van der Waals surface area (Å²) in [5, 5.41) is 9.06. The molecule has 2 heteroatoms. The van der Waals surface area contributed by atoms with Crippen LogP contribution in [0.5, 0.6) is 0 Å². The minimum Gasteiger partial charge on any atom is -0.396 e. The van der Waals surface area contributed by atoms with Crippen LogP contribution in [-0.4, -0.2) is 15.1 Å². The average molecular weight is 340 g/mol. The zero-order chi connectivity index (χ0) is 12.1. The number of benzene rings is 1. The van der Waals surface area contributed by atoms with Crippen LogP contribution in [0.1, 0.15) is 31.2 Å². The van der Waals surface area contributed by atoms with Crippen molar-refractivity contribution in [3.63, 3.8) is 0 Å². The van der Waals surface area contributed by atoms with Crippen LogP contribution in [0.25, 0.3) is 0 Å². The summed E-state index contributed by atoms with van der Waals surface area (Å²) in [6.07, 6.45) is 4.45. The van der Waals surface area contributed by atoms with Gasteiger partial charge in [0.2, 0.25) is 0 Å². The van der Waals surface area contributed by atoms with Gasteiger partial charge in [0.15, 0.2) is 0 Å². The van der Waals surface area contributed by atoms with Crippen LogP contribution in [0.4, 0.5) is 0 Å². The Morgan fingerprint density at radius 1 is 1.35 bits per heavy atom. The lowest BCUT2D eigenvalue weighted by molar-refractivity contribution is 0.271. The lowest BCUT2D eigenvalue weighted by Gasteiger charge is -2.05. The topological polar surface area (TPSA) is 20.2 Å². The minimum atomic E-state index is 0.346. The highest BCUT2D eigenvalue weighted by Gasteiger charge is 2.50. The second-order valence-corrected chi connectivity index (χ2v) is 6.79. The fourth-order valence-corrected chi connectivity index (χ4v) is 3.15. The molecule has 0 bridgehead atoms. The summed E-state index contributed by atoms with van der Waals surface area (Å²) in [5.74, 6) is 6.93. The van der Waals surface area contributed by atoms with E-state index >= 15 is 0 Å². The van der Waals surface area contributed by atoms with Crippen molar-refractivity contribution in [3.05, 3.63) is 35.9 Å². The molecule has 17 heavy (non-hydrogen) atoms. The van der Waals surface area contributed by atoms with Crippen LogP contribution in [0.3, 0.4) is 0 Å². The van der Waals surface area contributed by atoms with Crippen molar-refractivity contribution in [1.82, 2.24) is 0 Å². The summed E-state index contributed by atoms with van der Waals surface area (Å²) in [4.78, 5) is 0. The molecular formula is C15H17IO. The van der Waals surface area contributed by atoms with Crippen LogP contribution < -0.4 is 0 Å².